The Morgan fingerprint density at radius 2 is 1.79 bits per heavy atom. The van der Waals surface area contributed by atoms with E-state index in [1.165, 1.54) is 12.8 Å². The number of aromatic nitrogens is 3. The summed E-state index contributed by atoms with van der Waals surface area (Å²) >= 11 is 1.58. The maximum absolute atomic E-state index is 12.6. The van der Waals surface area contributed by atoms with Gasteiger partial charge in [-0.15, -0.1) is 0 Å². The summed E-state index contributed by atoms with van der Waals surface area (Å²) in [6.07, 6.45) is 2.51. The van der Waals surface area contributed by atoms with E-state index in [4.69, 9.17) is 19.9 Å². The van der Waals surface area contributed by atoms with Crippen LogP contribution in [0.1, 0.15) is 36.0 Å². The summed E-state index contributed by atoms with van der Waals surface area (Å²) in [5.74, 6) is -0.623. The number of carboxylic acid groups (broad SMARTS) is 1. The maximum atomic E-state index is 12.6. The van der Waals surface area contributed by atoms with Crippen molar-refractivity contribution in [2.45, 2.75) is 37.9 Å². The van der Waals surface area contributed by atoms with Gasteiger partial charge in [-0.25, -0.2) is 14.8 Å². The number of anilines is 2. The Balaban J connectivity index is 0.000000344. The highest BCUT2D eigenvalue weighted by Crippen LogP contribution is 2.33. The summed E-state index contributed by atoms with van der Waals surface area (Å²) in [5, 5.41) is 14.6. The Kier molecular flexibility index (Phi) is 6.96. The first kappa shape index (κ1) is 23.9. The molecule has 8 nitrogen and oxygen atoms in total. The Bertz CT molecular complexity index is 1160. The zero-order valence-electron chi connectivity index (χ0n) is 18.0. The van der Waals surface area contributed by atoms with Gasteiger partial charge in [0.05, 0.1) is 11.7 Å². The molecule has 4 heterocycles. The number of thiophene rings is 1. The molecular formula is C22H22F3N5O3S. The SMILES string of the molecule is O=C(O)C(F)(F)F.O=C(c1ccsc1)C1CCN(c2nc3cnccc3nc2NC2CC2)CC1. The Morgan fingerprint density at radius 1 is 1.09 bits per heavy atom. The largest absolute Gasteiger partial charge is 0.490 e. The third-order valence-corrected chi connectivity index (χ3v) is 6.26. The number of rotatable bonds is 5. The summed E-state index contributed by atoms with van der Waals surface area (Å²) in [4.78, 5) is 37.6. The van der Waals surface area contributed by atoms with Crippen molar-refractivity contribution < 1.29 is 27.9 Å². The molecule has 0 atom stereocenters. The minimum absolute atomic E-state index is 0.103. The number of piperidine rings is 1. The molecule has 0 unspecified atom stereocenters. The first-order valence-corrected chi connectivity index (χ1v) is 11.7. The fourth-order valence-corrected chi connectivity index (χ4v) is 4.27. The lowest BCUT2D eigenvalue weighted by Crippen LogP contribution is -2.37. The van der Waals surface area contributed by atoms with Gasteiger partial charge < -0.3 is 15.3 Å². The predicted octanol–water partition coefficient (Wildman–Crippen LogP) is 4.39. The molecule has 34 heavy (non-hydrogen) atoms. The zero-order chi connectivity index (χ0) is 24.3. The number of ketones is 1. The van der Waals surface area contributed by atoms with Crippen LogP contribution in [-0.2, 0) is 4.79 Å². The molecule has 1 aliphatic carbocycles. The Morgan fingerprint density at radius 3 is 2.38 bits per heavy atom. The maximum Gasteiger partial charge on any atom is 0.490 e. The number of aliphatic carboxylic acids is 1. The van der Waals surface area contributed by atoms with Crippen molar-refractivity contribution in [1.82, 2.24) is 15.0 Å². The lowest BCUT2D eigenvalue weighted by atomic mass is 9.90. The average molecular weight is 494 g/mol. The summed E-state index contributed by atoms with van der Waals surface area (Å²) in [6.45, 7) is 1.64. The fraction of sp³-hybridized carbons (Fsp3) is 0.409. The second-order valence-electron chi connectivity index (χ2n) is 8.12. The number of Topliss-reactive ketones (excluding diaryl/α,β-unsaturated/α-hetero) is 1. The molecule has 0 amide bonds. The minimum Gasteiger partial charge on any atom is -0.475 e. The highest BCUT2D eigenvalue weighted by atomic mass is 32.1. The molecule has 1 aliphatic heterocycles. The third kappa shape index (κ3) is 5.79. The first-order chi connectivity index (χ1) is 16.2. The number of halogens is 3. The second kappa shape index (κ2) is 9.92. The van der Waals surface area contributed by atoms with Crippen molar-refractivity contribution in [3.05, 3.63) is 40.8 Å². The molecule has 0 radical (unpaired) electrons. The highest BCUT2D eigenvalue weighted by molar-refractivity contribution is 7.08. The Hall–Kier alpha value is -3.28. The monoisotopic (exact) mass is 493 g/mol. The van der Waals surface area contributed by atoms with E-state index in [1.54, 1.807) is 23.7 Å². The molecule has 3 aromatic rings. The van der Waals surface area contributed by atoms with E-state index in [2.05, 4.69) is 15.2 Å². The molecule has 0 aromatic carbocycles. The van der Waals surface area contributed by atoms with E-state index in [0.717, 1.165) is 54.2 Å². The number of carbonyl (C=O) groups excluding carboxylic acids is 1. The number of pyridine rings is 1. The zero-order valence-corrected chi connectivity index (χ0v) is 18.8. The number of nitrogens with zero attached hydrogens (tertiary/aromatic N) is 4. The summed E-state index contributed by atoms with van der Waals surface area (Å²) < 4.78 is 31.7. The molecule has 1 saturated carbocycles. The van der Waals surface area contributed by atoms with Crippen LogP contribution in [0.3, 0.4) is 0 Å². The molecule has 2 N–H and O–H groups in total. The van der Waals surface area contributed by atoms with Crippen LogP contribution in [0.2, 0.25) is 0 Å². The van der Waals surface area contributed by atoms with Gasteiger partial charge in [-0.1, -0.05) is 0 Å². The van der Waals surface area contributed by atoms with Crippen LogP contribution in [-0.4, -0.2) is 57.1 Å². The molecule has 1 saturated heterocycles. The number of nitrogens with one attached hydrogen (secondary N) is 1. The van der Waals surface area contributed by atoms with E-state index in [-0.39, 0.29) is 11.7 Å². The van der Waals surface area contributed by atoms with Crippen molar-refractivity contribution in [1.29, 1.82) is 0 Å². The minimum atomic E-state index is -5.08. The van der Waals surface area contributed by atoms with Crippen LogP contribution < -0.4 is 10.2 Å². The Labute approximate surface area is 196 Å². The van der Waals surface area contributed by atoms with Gasteiger partial charge in [0.1, 0.15) is 5.52 Å². The molecular weight excluding hydrogens is 471 g/mol. The second-order valence-corrected chi connectivity index (χ2v) is 8.90. The number of hydrogen-bond acceptors (Lipinski definition) is 8. The average Bonchev–Trinajstić information content (AvgIpc) is 3.46. The topological polar surface area (TPSA) is 108 Å². The van der Waals surface area contributed by atoms with Crippen LogP contribution in [0.25, 0.3) is 11.0 Å². The number of carbonyl (C=O) groups is 2. The van der Waals surface area contributed by atoms with Gasteiger partial charge in [0.2, 0.25) is 0 Å². The van der Waals surface area contributed by atoms with Gasteiger partial charge in [-0.3, -0.25) is 9.78 Å². The molecule has 3 aromatic heterocycles. The molecule has 5 rings (SSSR count). The van der Waals surface area contributed by atoms with Gasteiger partial charge in [0.15, 0.2) is 17.4 Å². The van der Waals surface area contributed by atoms with E-state index in [0.29, 0.717) is 6.04 Å². The van der Waals surface area contributed by atoms with Gasteiger partial charge >= 0.3 is 12.1 Å². The van der Waals surface area contributed by atoms with Crippen LogP contribution in [0.5, 0.6) is 0 Å². The van der Waals surface area contributed by atoms with Crippen molar-refractivity contribution >= 4 is 45.8 Å². The molecule has 180 valence electrons. The summed E-state index contributed by atoms with van der Waals surface area (Å²) in [5.41, 5.74) is 2.52. The van der Waals surface area contributed by atoms with Crippen LogP contribution >= 0.6 is 11.3 Å². The van der Waals surface area contributed by atoms with E-state index >= 15 is 0 Å². The number of fused-ring (bicyclic) bond motifs is 1. The summed E-state index contributed by atoms with van der Waals surface area (Å²) in [7, 11) is 0. The number of alkyl halides is 3. The van der Waals surface area contributed by atoms with E-state index in [9.17, 15) is 18.0 Å². The molecule has 0 bridgehead atoms. The van der Waals surface area contributed by atoms with Crippen LogP contribution in [0.15, 0.2) is 35.3 Å². The first-order valence-electron chi connectivity index (χ1n) is 10.7. The lowest BCUT2D eigenvalue weighted by molar-refractivity contribution is -0.192. The molecule has 2 aliphatic rings. The standard InChI is InChI=1S/C20H21N5OS.C2HF3O2/c26-18(14-6-10-27-12-14)13-4-8-25(9-5-13)20-19(22-15-1-2-15)23-16-3-7-21-11-17(16)24-20;3-2(4,5)1(6)7/h3,6-7,10-13,15H,1-2,4-5,8-9H2,(H,22,23);(H,6,7). The van der Waals surface area contributed by atoms with E-state index < -0.39 is 12.1 Å². The number of carboxylic acids is 1. The van der Waals surface area contributed by atoms with Gasteiger partial charge in [-0.2, -0.15) is 24.5 Å². The van der Waals surface area contributed by atoms with Crippen LogP contribution in [0, 0.1) is 5.92 Å². The highest BCUT2D eigenvalue weighted by Gasteiger charge is 2.38. The smallest absolute Gasteiger partial charge is 0.475 e. The lowest BCUT2D eigenvalue weighted by Gasteiger charge is -2.33. The van der Waals surface area contributed by atoms with Crippen molar-refractivity contribution in [3.63, 3.8) is 0 Å². The van der Waals surface area contributed by atoms with Crippen molar-refractivity contribution in [2.75, 3.05) is 23.3 Å². The normalized spacial score (nSPS) is 16.6. The molecule has 0 spiro atoms. The van der Waals surface area contributed by atoms with Crippen molar-refractivity contribution in [2.24, 2.45) is 5.92 Å². The number of hydrogen-bond donors (Lipinski definition) is 2. The molecule has 12 heteroatoms. The fourth-order valence-electron chi connectivity index (χ4n) is 3.63. The van der Waals surface area contributed by atoms with Gasteiger partial charge in [-0.05, 0) is 43.2 Å². The van der Waals surface area contributed by atoms with Crippen LogP contribution in [0.4, 0.5) is 24.8 Å². The third-order valence-electron chi connectivity index (χ3n) is 5.58. The van der Waals surface area contributed by atoms with E-state index in [1.807, 2.05) is 22.9 Å². The van der Waals surface area contributed by atoms with Gasteiger partial charge in [0, 0.05) is 42.2 Å². The predicted molar refractivity (Wildman–Crippen MR) is 121 cm³/mol. The van der Waals surface area contributed by atoms with Gasteiger partial charge in [0.25, 0.3) is 0 Å². The summed E-state index contributed by atoms with van der Waals surface area (Å²) in [6, 6.07) is 4.34. The quantitative estimate of drug-likeness (QED) is 0.504. The molecule has 2 fully saturated rings. The van der Waals surface area contributed by atoms with Crippen molar-refractivity contribution in [3.8, 4) is 0 Å².